The number of pyridine rings is 1. The number of hydrogen-bond acceptors (Lipinski definition) is 4. The average molecular weight is 525 g/mol. The van der Waals surface area contributed by atoms with Gasteiger partial charge in [0.2, 0.25) is 5.91 Å². The van der Waals surface area contributed by atoms with Crippen LogP contribution in [-0.2, 0) is 11.2 Å². The molecule has 2 amide bonds. The molecule has 2 saturated heterocycles. The number of carbonyl (C=O) groups is 2. The van der Waals surface area contributed by atoms with E-state index in [4.69, 9.17) is 28.9 Å². The molecule has 1 aromatic heterocycles. The number of nitrogens with two attached hydrogens (primary N) is 1. The van der Waals surface area contributed by atoms with Gasteiger partial charge in [0.15, 0.2) is 0 Å². The van der Waals surface area contributed by atoms with Gasteiger partial charge in [-0.2, -0.15) is 0 Å². The Kier molecular flexibility index (Phi) is 7.47. The molecule has 0 spiro atoms. The fourth-order valence-corrected chi connectivity index (χ4v) is 6.04. The predicted molar refractivity (Wildman–Crippen MR) is 143 cm³/mol. The van der Waals surface area contributed by atoms with Gasteiger partial charge in [-0.25, -0.2) is 0 Å². The average Bonchev–Trinajstić information content (AvgIpc) is 2.90. The smallest absolute Gasteiger partial charge is 0.253 e. The zero-order valence-corrected chi connectivity index (χ0v) is 21.6. The van der Waals surface area contributed by atoms with Gasteiger partial charge in [0.05, 0.1) is 21.5 Å². The molecule has 0 radical (unpaired) electrons. The highest BCUT2D eigenvalue weighted by molar-refractivity contribution is 6.42. The van der Waals surface area contributed by atoms with E-state index in [0.717, 1.165) is 48.7 Å². The Balaban J connectivity index is 1.19. The maximum absolute atomic E-state index is 13.1. The van der Waals surface area contributed by atoms with Crippen LogP contribution in [-0.4, -0.2) is 58.8 Å². The SMILES string of the molecule is NC(=O)[C@@H]1CN(C2CCN(C(=O)c3ccc4ncccc4c3)CC2)CC[C@@H]1Cc1ccc(Cl)c(Cl)c1. The zero-order valence-electron chi connectivity index (χ0n) is 20.1. The van der Waals surface area contributed by atoms with Gasteiger partial charge in [-0.05, 0) is 80.1 Å². The van der Waals surface area contributed by atoms with Crippen LogP contribution >= 0.6 is 23.2 Å². The van der Waals surface area contributed by atoms with Gasteiger partial charge in [0.1, 0.15) is 0 Å². The molecule has 2 aliphatic heterocycles. The second kappa shape index (κ2) is 10.8. The van der Waals surface area contributed by atoms with Crippen LogP contribution in [0.25, 0.3) is 10.9 Å². The van der Waals surface area contributed by atoms with E-state index in [1.807, 2.05) is 47.4 Å². The highest BCUT2D eigenvalue weighted by atomic mass is 35.5. The molecular formula is C28H30Cl2N4O2. The van der Waals surface area contributed by atoms with E-state index in [-0.39, 0.29) is 23.7 Å². The number of hydrogen-bond donors (Lipinski definition) is 1. The molecule has 0 bridgehead atoms. The number of amides is 2. The van der Waals surface area contributed by atoms with E-state index in [9.17, 15) is 9.59 Å². The van der Waals surface area contributed by atoms with Gasteiger partial charge in [-0.1, -0.05) is 35.3 Å². The Morgan fingerprint density at radius 3 is 2.53 bits per heavy atom. The minimum absolute atomic E-state index is 0.0644. The standard InChI is InChI=1S/C28H30Cl2N4O2/c29-24-5-3-18(15-25(24)30)14-19-7-11-34(17-23(19)27(31)35)22-8-12-33(13-9-22)28(36)21-4-6-26-20(16-21)2-1-10-32-26/h1-6,10,15-16,19,22-23H,7-9,11-14,17H2,(H2,31,35)/t19-,23-/m1/s1. The van der Waals surface area contributed by atoms with Gasteiger partial charge in [0, 0.05) is 42.8 Å². The van der Waals surface area contributed by atoms with E-state index in [0.29, 0.717) is 41.3 Å². The van der Waals surface area contributed by atoms with Crippen molar-refractivity contribution in [2.24, 2.45) is 17.6 Å². The lowest BCUT2D eigenvalue weighted by molar-refractivity contribution is -0.126. The number of nitrogens with zero attached hydrogens (tertiary/aromatic N) is 3. The molecule has 36 heavy (non-hydrogen) atoms. The summed E-state index contributed by atoms with van der Waals surface area (Å²) in [5.41, 5.74) is 8.52. The lowest BCUT2D eigenvalue weighted by Crippen LogP contribution is -2.53. The molecular weight excluding hydrogens is 495 g/mol. The summed E-state index contributed by atoms with van der Waals surface area (Å²) in [6.07, 6.45) is 5.20. The lowest BCUT2D eigenvalue weighted by atomic mass is 9.80. The lowest BCUT2D eigenvalue weighted by Gasteiger charge is -2.44. The van der Waals surface area contributed by atoms with Gasteiger partial charge in [0.25, 0.3) is 5.91 Å². The molecule has 0 unspecified atom stereocenters. The number of aromatic nitrogens is 1. The summed E-state index contributed by atoms with van der Waals surface area (Å²) in [6.45, 7) is 3.00. The highest BCUT2D eigenvalue weighted by Crippen LogP contribution is 2.32. The van der Waals surface area contributed by atoms with Crippen LogP contribution in [0.4, 0.5) is 0 Å². The molecule has 188 valence electrons. The second-order valence-electron chi connectivity index (χ2n) is 9.94. The first-order valence-electron chi connectivity index (χ1n) is 12.5. The molecule has 3 heterocycles. The van der Waals surface area contributed by atoms with Gasteiger partial charge >= 0.3 is 0 Å². The quantitative estimate of drug-likeness (QED) is 0.519. The molecule has 0 saturated carbocycles. The number of halogens is 2. The minimum Gasteiger partial charge on any atom is -0.369 e. The molecule has 2 aliphatic rings. The largest absolute Gasteiger partial charge is 0.369 e. The van der Waals surface area contributed by atoms with E-state index >= 15 is 0 Å². The van der Waals surface area contributed by atoms with Crippen LogP contribution in [0.2, 0.25) is 10.0 Å². The number of carbonyl (C=O) groups excluding carboxylic acids is 2. The van der Waals surface area contributed by atoms with Crippen LogP contribution in [0, 0.1) is 11.8 Å². The molecule has 3 aromatic rings. The maximum atomic E-state index is 13.1. The molecule has 6 nitrogen and oxygen atoms in total. The number of piperidine rings is 2. The van der Waals surface area contributed by atoms with Crippen molar-refractivity contribution in [1.29, 1.82) is 0 Å². The van der Waals surface area contributed by atoms with Crippen molar-refractivity contribution in [2.75, 3.05) is 26.2 Å². The number of fused-ring (bicyclic) bond motifs is 1. The highest BCUT2D eigenvalue weighted by Gasteiger charge is 2.37. The van der Waals surface area contributed by atoms with Crippen molar-refractivity contribution in [1.82, 2.24) is 14.8 Å². The van der Waals surface area contributed by atoms with Crippen molar-refractivity contribution in [2.45, 2.75) is 31.7 Å². The Bertz CT molecular complexity index is 1280. The fourth-order valence-electron chi connectivity index (χ4n) is 5.72. The van der Waals surface area contributed by atoms with Gasteiger partial charge in [-0.3, -0.25) is 19.5 Å². The van der Waals surface area contributed by atoms with E-state index in [2.05, 4.69) is 9.88 Å². The van der Waals surface area contributed by atoms with Crippen molar-refractivity contribution in [3.8, 4) is 0 Å². The number of primary amides is 1. The zero-order chi connectivity index (χ0) is 25.2. The van der Waals surface area contributed by atoms with Crippen LogP contribution in [0.5, 0.6) is 0 Å². The van der Waals surface area contributed by atoms with Gasteiger partial charge < -0.3 is 10.6 Å². The topological polar surface area (TPSA) is 79.5 Å². The van der Waals surface area contributed by atoms with Crippen molar-refractivity contribution >= 4 is 45.9 Å². The van der Waals surface area contributed by atoms with Crippen molar-refractivity contribution in [3.63, 3.8) is 0 Å². The van der Waals surface area contributed by atoms with Crippen LogP contribution in [0.15, 0.2) is 54.7 Å². The summed E-state index contributed by atoms with van der Waals surface area (Å²) in [6, 6.07) is 15.6. The Hall–Kier alpha value is -2.67. The summed E-state index contributed by atoms with van der Waals surface area (Å²) in [7, 11) is 0. The molecule has 8 heteroatoms. The van der Waals surface area contributed by atoms with Gasteiger partial charge in [-0.15, -0.1) is 0 Å². The van der Waals surface area contributed by atoms with Crippen molar-refractivity contribution in [3.05, 3.63) is 75.9 Å². The molecule has 2 aromatic carbocycles. The Labute approximate surface area is 221 Å². The molecule has 0 aliphatic carbocycles. The third-order valence-corrected chi connectivity index (χ3v) is 8.49. The monoisotopic (exact) mass is 524 g/mol. The first kappa shape index (κ1) is 25.0. The third kappa shape index (κ3) is 5.36. The number of likely N-dealkylation sites (tertiary alicyclic amines) is 2. The minimum atomic E-state index is -0.247. The molecule has 2 fully saturated rings. The molecule has 2 atom stereocenters. The van der Waals surface area contributed by atoms with E-state index < -0.39 is 0 Å². The number of benzene rings is 2. The summed E-state index contributed by atoms with van der Waals surface area (Å²) in [5.74, 6) is -0.211. The van der Waals surface area contributed by atoms with Crippen LogP contribution in [0.3, 0.4) is 0 Å². The van der Waals surface area contributed by atoms with Crippen LogP contribution in [0.1, 0.15) is 35.2 Å². The summed E-state index contributed by atoms with van der Waals surface area (Å²) >= 11 is 12.2. The third-order valence-electron chi connectivity index (χ3n) is 7.75. The Morgan fingerprint density at radius 2 is 1.78 bits per heavy atom. The second-order valence-corrected chi connectivity index (χ2v) is 10.8. The first-order chi connectivity index (χ1) is 17.4. The summed E-state index contributed by atoms with van der Waals surface area (Å²) in [5, 5.41) is 2.03. The summed E-state index contributed by atoms with van der Waals surface area (Å²) in [4.78, 5) is 34.2. The maximum Gasteiger partial charge on any atom is 0.253 e. The first-order valence-corrected chi connectivity index (χ1v) is 13.3. The predicted octanol–water partition coefficient (Wildman–Crippen LogP) is 4.81. The Morgan fingerprint density at radius 1 is 0.972 bits per heavy atom. The molecule has 2 N–H and O–H groups in total. The molecule has 5 rings (SSSR count). The fraction of sp³-hybridized carbons (Fsp3) is 0.393. The normalized spacial score (nSPS) is 21.6. The number of rotatable bonds is 5. The van der Waals surface area contributed by atoms with E-state index in [1.54, 1.807) is 12.3 Å². The van der Waals surface area contributed by atoms with Crippen molar-refractivity contribution < 1.29 is 9.59 Å². The summed E-state index contributed by atoms with van der Waals surface area (Å²) < 4.78 is 0. The van der Waals surface area contributed by atoms with Crippen LogP contribution < -0.4 is 5.73 Å². The van der Waals surface area contributed by atoms with E-state index in [1.165, 1.54) is 0 Å².